The minimum absolute atomic E-state index is 0.0728. The Morgan fingerprint density at radius 1 is 1.18 bits per heavy atom. The number of pyridine rings is 2. The number of thioether (sulfide) groups is 1. The van der Waals surface area contributed by atoms with Gasteiger partial charge in [-0.3, -0.25) is 4.98 Å². The van der Waals surface area contributed by atoms with Crippen LogP contribution in [-0.2, 0) is 0 Å². The lowest BCUT2D eigenvalue weighted by molar-refractivity contribution is 0.894. The maximum Gasteiger partial charge on any atom is 0.115 e. The minimum atomic E-state index is 0.0728. The van der Waals surface area contributed by atoms with Crippen LogP contribution in [0.3, 0.4) is 0 Å². The number of rotatable bonds is 4. The highest BCUT2D eigenvalue weighted by molar-refractivity contribution is 7.99. The van der Waals surface area contributed by atoms with Crippen LogP contribution in [0.5, 0.6) is 0 Å². The molecule has 0 bridgehead atoms. The molecule has 0 spiro atoms. The summed E-state index contributed by atoms with van der Waals surface area (Å²) in [5, 5.41) is 1.51. The maximum atomic E-state index is 6.07. The van der Waals surface area contributed by atoms with Crippen LogP contribution < -0.4 is 5.73 Å². The molecule has 1 atom stereocenters. The lowest BCUT2D eigenvalue weighted by atomic mass is 10.3. The van der Waals surface area contributed by atoms with E-state index in [2.05, 4.69) is 9.97 Å². The molecule has 0 radical (unpaired) electrons. The van der Waals surface area contributed by atoms with Gasteiger partial charge in [0, 0.05) is 18.9 Å². The summed E-state index contributed by atoms with van der Waals surface area (Å²) in [4.78, 5) is 8.54. The number of hydrogen-bond acceptors (Lipinski definition) is 4. The first kappa shape index (κ1) is 12.4. The molecule has 3 nitrogen and oxygen atoms in total. The van der Waals surface area contributed by atoms with E-state index >= 15 is 0 Å². The minimum Gasteiger partial charge on any atom is -0.329 e. The Morgan fingerprint density at radius 2 is 2.00 bits per heavy atom. The highest BCUT2D eigenvalue weighted by Crippen LogP contribution is 2.35. The van der Waals surface area contributed by atoms with Gasteiger partial charge in [-0.2, -0.15) is 0 Å². The van der Waals surface area contributed by atoms with Crippen molar-refractivity contribution in [2.75, 3.05) is 6.54 Å². The van der Waals surface area contributed by atoms with Gasteiger partial charge in [0.1, 0.15) is 5.03 Å². The molecule has 2 heterocycles. The second kappa shape index (κ2) is 6.00. The first-order valence-corrected chi connectivity index (χ1v) is 6.45. The van der Waals surface area contributed by atoms with Crippen LogP contribution in [0, 0.1) is 0 Å². The molecule has 2 rings (SSSR count). The molecule has 1 unspecified atom stereocenters. The first-order chi connectivity index (χ1) is 8.31. The average Bonchev–Trinajstić information content (AvgIpc) is 2.39. The van der Waals surface area contributed by atoms with E-state index in [-0.39, 0.29) is 5.25 Å². The van der Waals surface area contributed by atoms with Gasteiger partial charge in [0.15, 0.2) is 0 Å². The van der Waals surface area contributed by atoms with E-state index in [0.717, 1.165) is 10.7 Å². The molecule has 0 aliphatic heterocycles. The number of nitrogens with two attached hydrogens (primary N) is 1. The van der Waals surface area contributed by atoms with E-state index in [4.69, 9.17) is 17.3 Å². The predicted molar refractivity (Wildman–Crippen MR) is 71.1 cm³/mol. The molecule has 0 aliphatic rings. The Kier molecular flexibility index (Phi) is 4.36. The van der Waals surface area contributed by atoms with Crippen molar-refractivity contribution in [1.82, 2.24) is 9.97 Å². The summed E-state index contributed by atoms with van der Waals surface area (Å²) in [7, 11) is 0. The van der Waals surface area contributed by atoms with Crippen LogP contribution in [-0.4, -0.2) is 16.5 Å². The smallest absolute Gasteiger partial charge is 0.115 e. The zero-order valence-corrected chi connectivity index (χ0v) is 10.7. The van der Waals surface area contributed by atoms with Crippen molar-refractivity contribution in [3.63, 3.8) is 0 Å². The second-order valence-electron chi connectivity index (χ2n) is 3.39. The second-order valence-corrected chi connectivity index (χ2v) is 4.99. The summed E-state index contributed by atoms with van der Waals surface area (Å²) in [6, 6.07) is 9.43. The summed E-state index contributed by atoms with van der Waals surface area (Å²) < 4.78 is 0. The lowest BCUT2D eigenvalue weighted by Gasteiger charge is -2.13. The van der Waals surface area contributed by atoms with Crippen molar-refractivity contribution in [2.45, 2.75) is 10.3 Å². The molecule has 2 N–H and O–H groups in total. The van der Waals surface area contributed by atoms with Crippen molar-refractivity contribution < 1.29 is 0 Å². The largest absolute Gasteiger partial charge is 0.329 e. The quantitative estimate of drug-likeness (QED) is 0.864. The third-order valence-electron chi connectivity index (χ3n) is 2.21. The fourth-order valence-corrected chi connectivity index (χ4v) is 2.57. The first-order valence-electron chi connectivity index (χ1n) is 5.19. The number of nitrogens with zero attached hydrogens (tertiary/aromatic N) is 2. The molecular formula is C12H12ClN3S. The van der Waals surface area contributed by atoms with E-state index in [9.17, 15) is 0 Å². The fraction of sp³-hybridized carbons (Fsp3) is 0.167. The monoisotopic (exact) mass is 265 g/mol. The molecule has 0 saturated carbocycles. The molecule has 0 aromatic carbocycles. The molecular weight excluding hydrogens is 254 g/mol. The van der Waals surface area contributed by atoms with Gasteiger partial charge in [-0.15, -0.1) is 0 Å². The van der Waals surface area contributed by atoms with Gasteiger partial charge < -0.3 is 5.73 Å². The van der Waals surface area contributed by atoms with Gasteiger partial charge in [-0.1, -0.05) is 29.4 Å². The maximum absolute atomic E-state index is 6.07. The Hall–Kier alpha value is -1.10. The number of aromatic nitrogens is 2. The van der Waals surface area contributed by atoms with Crippen molar-refractivity contribution in [2.24, 2.45) is 5.73 Å². The Bertz CT molecular complexity index is 478. The van der Waals surface area contributed by atoms with Crippen molar-refractivity contribution in [1.29, 1.82) is 0 Å². The Labute approximate surface area is 109 Å². The number of halogens is 1. The van der Waals surface area contributed by atoms with Crippen molar-refractivity contribution in [3.8, 4) is 0 Å². The van der Waals surface area contributed by atoms with Crippen LogP contribution in [0.4, 0.5) is 0 Å². The van der Waals surface area contributed by atoms with Gasteiger partial charge in [0.25, 0.3) is 0 Å². The SMILES string of the molecule is NCC(Sc1ncccc1Cl)c1ccccn1. The molecule has 5 heteroatoms. The Morgan fingerprint density at radius 3 is 2.65 bits per heavy atom. The van der Waals surface area contributed by atoms with Crippen LogP contribution in [0.1, 0.15) is 10.9 Å². The van der Waals surface area contributed by atoms with Crippen molar-refractivity contribution >= 4 is 23.4 Å². The third kappa shape index (κ3) is 3.19. The summed E-state index contributed by atoms with van der Waals surface area (Å²) in [5.41, 5.74) is 6.72. The van der Waals surface area contributed by atoms with E-state index in [0.29, 0.717) is 11.6 Å². The molecule has 0 saturated heterocycles. The van der Waals surface area contributed by atoms with Crippen molar-refractivity contribution in [3.05, 3.63) is 53.4 Å². The van der Waals surface area contributed by atoms with Crippen LogP contribution in [0.2, 0.25) is 5.02 Å². The third-order valence-corrected chi connectivity index (χ3v) is 3.89. The highest BCUT2D eigenvalue weighted by atomic mass is 35.5. The highest BCUT2D eigenvalue weighted by Gasteiger charge is 2.14. The molecule has 17 heavy (non-hydrogen) atoms. The van der Waals surface area contributed by atoms with Crippen LogP contribution in [0.15, 0.2) is 47.8 Å². The van der Waals surface area contributed by atoms with Gasteiger partial charge in [-0.25, -0.2) is 4.98 Å². The summed E-state index contributed by atoms with van der Waals surface area (Å²) in [6.45, 7) is 0.495. The zero-order chi connectivity index (χ0) is 12.1. The van der Waals surface area contributed by atoms with Gasteiger partial charge in [0.2, 0.25) is 0 Å². The van der Waals surface area contributed by atoms with E-state index in [1.165, 1.54) is 11.8 Å². The zero-order valence-electron chi connectivity index (χ0n) is 9.08. The van der Waals surface area contributed by atoms with E-state index < -0.39 is 0 Å². The topological polar surface area (TPSA) is 51.8 Å². The standard InChI is InChI=1S/C12H12ClN3S/c13-9-4-3-7-16-12(9)17-11(8-14)10-5-1-2-6-15-10/h1-7,11H,8,14H2. The molecule has 0 aliphatic carbocycles. The van der Waals surface area contributed by atoms with Gasteiger partial charge in [0.05, 0.1) is 16.0 Å². The molecule has 0 amide bonds. The van der Waals surface area contributed by atoms with Crippen LogP contribution in [0.25, 0.3) is 0 Å². The van der Waals surface area contributed by atoms with Gasteiger partial charge in [-0.05, 0) is 24.3 Å². The molecule has 2 aromatic heterocycles. The summed E-state index contributed by atoms with van der Waals surface area (Å²) in [5.74, 6) is 0. The van der Waals surface area contributed by atoms with Crippen LogP contribution >= 0.6 is 23.4 Å². The summed E-state index contributed by atoms with van der Waals surface area (Å²) in [6.07, 6.45) is 3.48. The normalized spacial score (nSPS) is 12.4. The van der Waals surface area contributed by atoms with E-state index in [1.54, 1.807) is 12.4 Å². The lowest BCUT2D eigenvalue weighted by Crippen LogP contribution is -2.10. The van der Waals surface area contributed by atoms with Gasteiger partial charge >= 0.3 is 0 Å². The molecule has 88 valence electrons. The van der Waals surface area contributed by atoms with E-state index in [1.807, 2.05) is 30.3 Å². The molecule has 2 aromatic rings. The fourth-order valence-electron chi connectivity index (χ4n) is 1.39. The number of hydrogen-bond donors (Lipinski definition) is 1. The Balaban J connectivity index is 2.19. The summed E-state index contributed by atoms with van der Waals surface area (Å²) >= 11 is 7.61. The average molecular weight is 266 g/mol. The molecule has 0 fully saturated rings. The predicted octanol–water partition coefficient (Wildman–Crippen LogP) is 2.92.